The summed E-state index contributed by atoms with van der Waals surface area (Å²) in [6.07, 6.45) is 2.16. The largest absolute Gasteiger partial charge is 0.338 e. The minimum absolute atomic E-state index is 0.124. The molecule has 2 aliphatic heterocycles. The molecule has 90 valence electrons. The minimum Gasteiger partial charge on any atom is -0.338 e. The summed E-state index contributed by atoms with van der Waals surface area (Å²) < 4.78 is 0. The van der Waals surface area contributed by atoms with Crippen LogP contribution in [0.1, 0.15) is 61.3 Å². The molecule has 17 heavy (non-hydrogen) atoms. The first kappa shape index (κ1) is 10.8. The summed E-state index contributed by atoms with van der Waals surface area (Å²) in [4.78, 5) is 14.2. The van der Waals surface area contributed by atoms with E-state index in [0.29, 0.717) is 17.9 Å². The normalized spacial score (nSPS) is 26.6. The molecule has 1 aliphatic carbocycles. The van der Waals surface area contributed by atoms with E-state index in [1.807, 2.05) is 11.9 Å². The molecule has 2 atom stereocenters. The summed E-state index contributed by atoms with van der Waals surface area (Å²) in [5.74, 6) is 0.947. The van der Waals surface area contributed by atoms with Crippen molar-refractivity contribution in [3.63, 3.8) is 0 Å². The highest BCUT2D eigenvalue weighted by Gasteiger charge is 2.43. The maximum atomic E-state index is 12.3. The number of rotatable bonds is 1. The van der Waals surface area contributed by atoms with Crippen LogP contribution in [0.4, 0.5) is 0 Å². The van der Waals surface area contributed by atoms with E-state index in [2.05, 4.69) is 32.0 Å². The summed E-state index contributed by atoms with van der Waals surface area (Å²) in [6, 6.07) is 6.87. The first-order valence-corrected chi connectivity index (χ1v) is 6.50. The van der Waals surface area contributed by atoms with Gasteiger partial charge in [0.2, 0.25) is 5.91 Å². The zero-order valence-corrected chi connectivity index (χ0v) is 10.7. The molecule has 1 saturated heterocycles. The second-order valence-corrected chi connectivity index (χ2v) is 5.60. The molecule has 1 aromatic carbocycles. The number of hydrogen-bond donors (Lipinski definition) is 0. The SMILES string of the molecule is CC(C)c1cccc2c1C1CCC2N(C)C1=O. The van der Waals surface area contributed by atoms with Gasteiger partial charge < -0.3 is 4.90 Å². The van der Waals surface area contributed by atoms with Gasteiger partial charge in [-0.25, -0.2) is 0 Å². The highest BCUT2D eigenvalue weighted by molar-refractivity contribution is 5.88. The van der Waals surface area contributed by atoms with Gasteiger partial charge in [-0.3, -0.25) is 4.79 Å². The molecule has 1 fully saturated rings. The Hall–Kier alpha value is -1.31. The smallest absolute Gasteiger partial charge is 0.230 e. The lowest BCUT2D eigenvalue weighted by molar-refractivity contribution is -0.138. The topological polar surface area (TPSA) is 20.3 Å². The van der Waals surface area contributed by atoms with E-state index in [0.717, 1.165) is 12.8 Å². The van der Waals surface area contributed by atoms with Crippen molar-refractivity contribution in [1.82, 2.24) is 4.90 Å². The highest BCUT2D eigenvalue weighted by atomic mass is 16.2. The second-order valence-electron chi connectivity index (χ2n) is 5.60. The molecule has 0 radical (unpaired) electrons. The number of carbonyl (C=O) groups is 1. The number of nitrogens with zero attached hydrogens (tertiary/aromatic N) is 1. The highest BCUT2D eigenvalue weighted by Crippen LogP contribution is 2.48. The summed E-state index contributed by atoms with van der Waals surface area (Å²) in [6.45, 7) is 4.43. The zero-order chi connectivity index (χ0) is 12.2. The predicted molar refractivity (Wildman–Crippen MR) is 68.0 cm³/mol. The molecule has 2 bridgehead atoms. The Morgan fingerprint density at radius 1 is 1.29 bits per heavy atom. The van der Waals surface area contributed by atoms with Crippen molar-refractivity contribution in [3.05, 3.63) is 34.9 Å². The molecule has 0 spiro atoms. The molecule has 4 rings (SSSR count). The van der Waals surface area contributed by atoms with Gasteiger partial charge in [-0.15, -0.1) is 0 Å². The van der Waals surface area contributed by atoms with Gasteiger partial charge in [-0.2, -0.15) is 0 Å². The number of benzene rings is 1. The average Bonchev–Trinajstić information content (AvgIpc) is 2.33. The quantitative estimate of drug-likeness (QED) is 0.724. The van der Waals surface area contributed by atoms with E-state index < -0.39 is 0 Å². The van der Waals surface area contributed by atoms with Crippen molar-refractivity contribution in [2.24, 2.45) is 0 Å². The Morgan fingerprint density at radius 3 is 2.76 bits per heavy atom. The summed E-state index contributed by atoms with van der Waals surface area (Å²) in [5, 5.41) is 0. The van der Waals surface area contributed by atoms with E-state index in [-0.39, 0.29) is 5.92 Å². The summed E-state index contributed by atoms with van der Waals surface area (Å²) in [7, 11) is 1.95. The molecule has 3 aliphatic rings. The number of amides is 1. The van der Waals surface area contributed by atoms with E-state index in [1.165, 1.54) is 16.7 Å². The van der Waals surface area contributed by atoms with Gasteiger partial charge >= 0.3 is 0 Å². The van der Waals surface area contributed by atoms with Crippen LogP contribution in [0.3, 0.4) is 0 Å². The van der Waals surface area contributed by atoms with Gasteiger partial charge in [0.15, 0.2) is 0 Å². The van der Waals surface area contributed by atoms with Crippen LogP contribution in [0.2, 0.25) is 0 Å². The van der Waals surface area contributed by atoms with E-state index in [1.54, 1.807) is 0 Å². The van der Waals surface area contributed by atoms with Crippen LogP contribution < -0.4 is 0 Å². The average molecular weight is 229 g/mol. The first-order chi connectivity index (χ1) is 8.11. The summed E-state index contributed by atoms with van der Waals surface area (Å²) in [5.41, 5.74) is 4.12. The van der Waals surface area contributed by atoms with Crippen molar-refractivity contribution in [1.29, 1.82) is 0 Å². The molecule has 2 unspecified atom stereocenters. The lowest BCUT2D eigenvalue weighted by atomic mass is 9.71. The van der Waals surface area contributed by atoms with Gasteiger partial charge in [0, 0.05) is 7.05 Å². The molecule has 1 amide bonds. The van der Waals surface area contributed by atoms with Crippen molar-refractivity contribution in [3.8, 4) is 0 Å². The van der Waals surface area contributed by atoms with Gasteiger partial charge in [0.25, 0.3) is 0 Å². The van der Waals surface area contributed by atoms with Crippen molar-refractivity contribution < 1.29 is 4.79 Å². The lowest BCUT2D eigenvalue weighted by Crippen LogP contribution is -2.45. The second kappa shape index (κ2) is 3.59. The maximum Gasteiger partial charge on any atom is 0.230 e. The predicted octanol–water partition coefficient (Wildman–Crippen LogP) is 3.20. The Morgan fingerprint density at radius 2 is 2.06 bits per heavy atom. The van der Waals surface area contributed by atoms with Crippen LogP contribution in [0.25, 0.3) is 0 Å². The Balaban J connectivity index is 2.22. The Labute approximate surface area is 103 Å². The molecule has 2 heteroatoms. The van der Waals surface area contributed by atoms with Crippen molar-refractivity contribution in [2.75, 3.05) is 7.05 Å². The van der Waals surface area contributed by atoms with Gasteiger partial charge in [-0.05, 0) is 35.4 Å². The zero-order valence-electron chi connectivity index (χ0n) is 10.7. The third-order valence-corrected chi connectivity index (χ3v) is 4.35. The third-order valence-electron chi connectivity index (χ3n) is 4.35. The fourth-order valence-electron chi connectivity index (χ4n) is 3.47. The van der Waals surface area contributed by atoms with Gasteiger partial charge in [-0.1, -0.05) is 32.0 Å². The number of fused-ring (bicyclic) bond motifs is 2. The van der Waals surface area contributed by atoms with Crippen LogP contribution in [0.5, 0.6) is 0 Å². The molecule has 0 aromatic heterocycles. The Bertz CT molecular complexity index is 478. The van der Waals surface area contributed by atoms with Crippen LogP contribution in [-0.4, -0.2) is 17.9 Å². The van der Waals surface area contributed by atoms with Crippen LogP contribution >= 0.6 is 0 Å². The molecule has 0 N–H and O–H groups in total. The summed E-state index contributed by atoms with van der Waals surface area (Å²) >= 11 is 0. The molecule has 2 nitrogen and oxygen atoms in total. The minimum atomic E-state index is 0.124. The molecular formula is C15H19NO. The van der Waals surface area contributed by atoms with E-state index in [4.69, 9.17) is 0 Å². The fraction of sp³-hybridized carbons (Fsp3) is 0.533. The molecule has 2 heterocycles. The van der Waals surface area contributed by atoms with Gasteiger partial charge in [0.05, 0.1) is 12.0 Å². The molecule has 1 aromatic rings. The maximum absolute atomic E-state index is 12.3. The molecule has 0 saturated carbocycles. The number of carbonyl (C=O) groups excluding carboxylic acids is 1. The van der Waals surface area contributed by atoms with Crippen LogP contribution in [0, 0.1) is 0 Å². The van der Waals surface area contributed by atoms with Crippen molar-refractivity contribution in [2.45, 2.75) is 44.6 Å². The monoisotopic (exact) mass is 229 g/mol. The number of piperidine rings is 1. The van der Waals surface area contributed by atoms with E-state index in [9.17, 15) is 4.79 Å². The fourth-order valence-corrected chi connectivity index (χ4v) is 3.47. The Kier molecular flexibility index (Phi) is 2.29. The van der Waals surface area contributed by atoms with Crippen LogP contribution in [-0.2, 0) is 4.79 Å². The lowest BCUT2D eigenvalue weighted by Gasteiger charge is -2.45. The first-order valence-electron chi connectivity index (χ1n) is 6.50. The number of likely N-dealkylation sites (N-methyl/N-ethyl adjacent to an activating group) is 1. The number of hydrogen-bond acceptors (Lipinski definition) is 1. The van der Waals surface area contributed by atoms with E-state index >= 15 is 0 Å². The standard InChI is InChI=1S/C15H19NO/c1-9(2)10-5-4-6-11-13-8-7-12(14(10)11)15(17)16(13)3/h4-6,9,12-13H,7-8H2,1-3H3. The molecular weight excluding hydrogens is 210 g/mol. The van der Waals surface area contributed by atoms with Crippen LogP contribution in [0.15, 0.2) is 18.2 Å². The van der Waals surface area contributed by atoms with Gasteiger partial charge in [0.1, 0.15) is 0 Å². The third kappa shape index (κ3) is 1.36. The van der Waals surface area contributed by atoms with Crippen molar-refractivity contribution >= 4 is 5.91 Å².